The van der Waals surface area contributed by atoms with Gasteiger partial charge in [0.15, 0.2) is 0 Å². The molecule has 0 spiro atoms. The van der Waals surface area contributed by atoms with Crippen molar-refractivity contribution in [1.29, 1.82) is 0 Å². The van der Waals surface area contributed by atoms with E-state index in [2.05, 4.69) is 32.0 Å². The largest absolute Gasteiger partial charge is 0.490 e. The third-order valence-electron chi connectivity index (χ3n) is 3.93. The summed E-state index contributed by atoms with van der Waals surface area (Å²) in [4.78, 5) is 13.9. The molecule has 0 saturated carbocycles. The molecular weight excluding hydrogens is 264 g/mol. The molecule has 0 aromatic heterocycles. The minimum atomic E-state index is -0.0681. The number of carbonyl (C=O) groups is 1. The van der Waals surface area contributed by atoms with Crippen LogP contribution in [0.15, 0.2) is 18.2 Å². The maximum atomic E-state index is 12.0. The Morgan fingerprint density at radius 3 is 2.67 bits per heavy atom. The summed E-state index contributed by atoms with van der Waals surface area (Å²) in [6, 6.07) is 6.20. The van der Waals surface area contributed by atoms with Crippen LogP contribution in [0, 0.1) is 13.8 Å². The summed E-state index contributed by atoms with van der Waals surface area (Å²) >= 11 is 0. The van der Waals surface area contributed by atoms with Crippen molar-refractivity contribution in [1.82, 2.24) is 4.90 Å². The van der Waals surface area contributed by atoms with Crippen LogP contribution in [0.5, 0.6) is 5.75 Å². The highest BCUT2D eigenvalue weighted by Crippen LogP contribution is 2.24. The number of hydrogen-bond donors (Lipinski definition) is 1. The maximum Gasteiger partial charge on any atom is 0.224 e. The quantitative estimate of drug-likeness (QED) is 0.926. The fraction of sp³-hybridized carbons (Fsp3) is 0.588. The monoisotopic (exact) mass is 290 g/mol. The Kier molecular flexibility index (Phi) is 5.23. The zero-order chi connectivity index (χ0) is 15.4. The molecule has 21 heavy (non-hydrogen) atoms. The van der Waals surface area contributed by atoms with Crippen LogP contribution < -0.4 is 10.5 Å². The number of aryl methyl sites for hydroxylation is 2. The molecule has 4 nitrogen and oxygen atoms in total. The molecule has 1 heterocycles. The number of nitrogens with zero attached hydrogens (tertiary/aromatic N) is 1. The van der Waals surface area contributed by atoms with Crippen molar-refractivity contribution < 1.29 is 9.53 Å². The number of likely N-dealkylation sites (tertiary alicyclic amines) is 1. The number of piperidine rings is 1. The van der Waals surface area contributed by atoms with Gasteiger partial charge in [-0.15, -0.1) is 0 Å². The Balaban J connectivity index is 1.87. The Hall–Kier alpha value is -1.55. The van der Waals surface area contributed by atoms with Crippen molar-refractivity contribution in [3.63, 3.8) is 0 Å². The number of benzene rings is 1. The van der Waals surface area contributed by atoms with Gasteiger partial charge in [0.2, 0.25) is 5.91 Å². The normalized spacial score (nSPS) is 17.6. The van der Waals surface area contributed by atoms with E-state index < -0.39 is 0 Å². The van der Waals surface area contributed by atoms with Gasteiger partial charge in [0.25, 0.3) is 0 Å². The maximum absolute atomic E-state index is 12.0. The Labute approximate surface area is 127 Å². The van der Waals surface area contributed by atoms with Gasteiger partial charge in [-0.05, 0) is 38.0 Å². The first-order chi connectivity index (χ1) is 9.95. The molecular formula is C17H26N2O2. The van der Waals surface area contributed by atoms with E-state index in [1.165, 1.54) is 5.56 Å². The first-order valence-corrected chi connectivity index (χ1v) is 7.73. The number of carbonyl (C=O) groups excluding carboxylic acids is 1. The minimum Gasteiger partial charge on any atom is -0.490 e. The summed E-state index contributed by atoms with van der Waals surface area (Å²) in [6.45, 7) is 7.54. The minimum absolute atomic E-state index is 0.0681. The standard InChI is InChI=1S/C17H26N2O2/c1-12-4-5-13(2)16(10-12)21-15-6-8-19(9-7-15)17(20)11-14(3)18/h4-5,10,14-15H,6-9,11,18H2,1-3H3. The summed E-state index contributed by atoms with van der Waals surface area (Å²) in [5, 5.41) is 0. The zero-order valence-corrected chi connectivity index (χ0v) is 13.3. The summed E-state index contributed by atoms with van der Waals surface area (Å²) < 4.78 is 6.11. The van der Waals surface area contributed by atoms with E-state index in [-0.39, 0.29) is 18.1 Å². The molecule has 1 aliphatic rings. The molecule has 4 heteroatoms. The molecule has 1 atom stereocenters. The third kappa shape index (κ3) is 4.46. The predicted octanol–water partition coefficient (Wildman–Crippen LogP) is 2.41. The van der Waals surface area contributed by atoms with Crippen LogP contribution in [0.4, 0.5) is 0 Å². The average molecular weight is 290 g/mol. The van der Waals surface area contributed by atoms with Crippen LogP contribution >= 0.6 is 0 Å². The molecule has 1 aromatic carbocycles. The van der Waals surface area contributed by atoms with Gasteiger partial charge >= 0.3 is 0 Å². The van der Waals surface area contributed by atoms with Gasteiger partial charge < -0.3 is 15.4 Å². The number of nitrogens with two attached hydrogens (primary N) is 1. The van der Waals surface area contributed by atoms with Crippen LogP contribution in [0.3, 0.4) is 0 Å². The lowest BCUT2D eigenvalue weighted by Gasteiger charge is -2.33. The molecule has 2 N–H and O–H groups in total. The van der Waals surface area contributed by atoms with Crippen LogP contribution in [-0.2, 0) is 4.79 Å². The molecule has 1 fully saturated rings. The summed E-state index contributed by atoms with van der Waals surface area (Å²) in [5.41, 5.74) is 8.06. The average Bonchev–Trinajstić information content (AvgIpc) is 2.43. The van der Waals surface area contributed by atoms with Crippen molar-refractivity contribution >= 4 is 5.91 Å². The first kappa shape index (κ1) is 15.8. The van der Waals surface area contributed by atoms with E-state index in [1.807, 2.05) is 11.8 Å². The van der Waals surface area contributed by atoms with Gasteiger partial charge in [0.05, 0.1) is 0 Å². The number of rotatable bonds is 4. The number of ether oxygens (including phenoxy) is 1. The predicted molar refractivity (Wildman–Crippen MR) is 84.4 cm³/mol. The lowest BCUT2D eigenvalue weighted by atomic mass is 10.1. The van der Waals surface area contributed by atoms with Crippen LogP contribution in [0.25, 0.3) is 0 Å². The van der Waals surface area contributed by atoms with Gasteiger partial charge in [0.1, 0.15) is 11.9 Å². The van der Waals surface area contributed by atoms with E-state index in [9.17, 15) is 4.79 Å². The van der Waals surface area contributed by atoms with Crippen molar-refractivity contribution in [2.45, 2.75) is 52.2 Å². The third-order valence-corrected chi connectivity index (χ3v) is 3.93. The molecule has 1 saturated heterocycles. The van der Waals surface area contributed by atoms with Crippen LogP contribution in [-0.4, -0.2) is 36.0 Å². The fourth-order valence-corrected chi connectivity index (χ4v) is 2.64. The lowest BCUT2D eigenvalue weighted by molar-refractivity contribution is -0.133. The number of hydrogen-bond acceptors (Lipinski definition) is 3. The molecule has 0 aliphatic carbocycles. The van der Waals surface area contributed by atoms with Gasteiger partial charge in [0, 0.05) is 38.4 Å². The SMILES string of the molecule is Cc1ccc(C)c(OC2CCN(C(=O)CC(C)N)CC2)c1. The second-order valence-corrected chi connectivity index (χ2v) is 6.15. The van der Waals surface area contributed by atoms with Crippen molar-refractivity contribution in [2.75, 3.05) is 13.1 Å². The second kappa shape index (κ2) is 6.94. The van der Waals surface area contributed by atoms with E-state index in [1.54, 1.807) is 0 Å². The van der Waals surface area contributed by atoms with Gasteiger partial charge in [-0.2, -0.15) is 0 Å². The molecule has 0 bridgehead atoms. The Morgan fingerprint density at radius 1 is 1.38 bits per heavy atom. The van der Waals surface area contributed by atoms with Crippen molar-refractivity contribution in [3.8, 4) is 5.75 Å². The van der Waals surface area contributed by atoms with Crippen molar-refractivity contribution in [3.05, 3.63) is 29.3 Å². The summed E-state index contributed by atoms with van der Waals surface area (Å²) in [6.07, 6.45) is 2.41. The van der Waals surface area contributed by atoms with E-state index in [0.29, 0.717) is 6.42 Å². The molecule has 1 aromatic rings. The van der Waals surface area contributed by atoms with Crippen molar-refractivity contribution in [2.24, 2.45) is 5.73 Å². The molecule has 116 valence electrons. The van der Waals surface area contributed by atoms with E-state index in [0.717, 1.165) is 37.2 Å². The van der Waals surface area contributed by atoms with Crippen LogP contribution in [0.1, 0.15) is 37.3 Å². The van der Waals surface area contributed by atoms with Gasteiger partial charge in [-0.3, -0.25) is 4.79 Å². The van der Waals surface area contributed by atoms with Gasteiger partial charge in [-0.1, -0.05) is 12.1 Å². The van der Waals surface area contributed by atoms with Crippen LogP contribution in [0.2, 0.25) is 0 Å². The second-order valence-electron chi connectivity index (χ2n) is 6.15. The molecule has 2 rings (SSSR count). The highest BCUT2D eigenvalue weighted by atomic mass is 16.5. The molecule has 1 unspecified atom stereocenters. The summed E-state index contributed by atoms with van der Waals surface area (Å²) in [5.74, 6) is 1.13. The molecule has 0 radical (unpaired) electrons. The fourth-order valence-electron chi connectivity index (χ4n) is 2.64. The first-order valence-electron chi connectivity index (χ1n) is 7.73. The summed E-state index contributed by atoms with van der Waals surface area (Å²) in [7, 11) is 0. The zero-order valence-electron chi connectivity index (χ0n) is 13.3. The molecule has 1 aliphatic heterocycles. The molecule has 1 amide bonds. The smallest absolute Gasteiger partial charge is 0.224 e. The van der Waals surface area contributed by atoms with E-state index >= 15 is 0 Å². The Bertz CT molecular complexity index is 492. The highest BCUT2D eigenvalue weighted by Gasteiger charge is 2.24. The van der Waals surface area contributed by atoms with E-state index in [4.69, 9.17) is 10.5 Å². The lowest BCUT2D eigenvalue weighted by Crippen LogP contribution is -2.43. The topological polar surface area (TPSA) is 55.6 Å². The Morgan fingerprint density at radius 2 is 2.05 bits per heavy atom. The number of amides is 1. The van der Waals surface area contributed by atoms with Gasteiger partial charge in [-0.25, -0.2) is 0 Å². The highest BCUT2D eigenvalue weighted by molar-refractivity contribution is 5.76.